The van der Waals surface area contributed by atoms with Gasteiger partial charge in [-0.25, -0.2) is 4.99 Å². The fraction of sp³-hybridized carbons (Fsp3) is 0.500. The minimum Gasteiger partial charge on any atom is -0.383 e. The van der Waals surface area contributed by atoms with E-state index in [9.17, 15) is 0 Å². The summed E-state index contributed by atoms with van der Waals surface area (Å²) in [6.07, 6.45) is 3.12. The molecule has 0 bridgehead atoms. The van der Waals surface area contributed by atoms with Crippen LogP contribution in [-0.4, -0.2) is 38.4 Å². The van der Waals surface area contributed by atoms with Gasteiger partial charge in [0.1, 0.15) is 11.6 Å². The van der Waals surface area contributed by atoms with Crippen molar-refractivity contribution in [3.05, 3.63) is 23.2 Å². The Labute approximate surface area is 120 Å². The molecule has 6 nitrogen and oxygen atoms in total. The lowest BCUT2D eigenvalue weighted by Crippen LogP contribution is -2.30. The van der Waals surface area contributed by atoms with Crippen LogP contribution in [0.2, 0.25) is 0 Å². The molecular formula is C14H24N4O2. The highest BCUT2D eigenvalue weighted by molar-refractivity contribution is 6.06. The Morgan fingerprint density at radius 1 is 1.45 bits per heavy atom. The van der Waals surface area contributed by atoms with Gasteiger partial charge in [0, 0.05) is 31.0 Å². The molecule has 0 unspecified atom stereocenters. The van der Waals surface area contributed by atoms with E-state index in [0.717, 1.165) is 0 Å². The van der Waals surface area contributed by atoms with Crippen LogP contribution in [0, 0.1) is 5.41 Å². The van der Waals surface area contributed by atoms with Gasteiger partial charge in [0.2, 0.25) is 0 Å². The highest BCUT2D eigenvalue weighted by Crippen LogP contribution is 2.08. The van der Waals surface area contributed by atoms with Crippen LogP contribution in [0.1, 0.15) is 27.7 Å². The van der Waals surface area contributed by atoms with Gasteiger partial charge in [-0.05, 0) is 34.4 Å². The lowest BCUT2D eigenvalue weighted by atomic mass is 10.1. The fourth-order valence-electron chi connectivity index (χ4n) is 1.40. The van der Waals surface area contributed by atoms with Gasteiger partial charge in [-0.2, -0.15) is 0 Å². The van der Waals surface area contributed by atoms with Gasteiger partial charge in [0.05, 0.1) is 12.3 Å². The van der Waals surface area contributed by atoms with Crippen LogP contribution in [0.4, 0.5) is 0 Å². The lowest BCUT2D eigenvalue weighted by molar-refractivity contribution is 0.176. The fourth-order valence-corrected chi connectivity index (χ4v) is 1.40. The van der Waals surface area contributed by atoms with Crippen LogP contribution in [-0.2, 0) is 9.57 Å². The molecule has 0 aliphatic heterocycles. The van der Waals surface area contributed by atoms with Crippen molar-refractivity contribution < 1.29 is 9.57 Å². The second-order valence-corrected chi connectivity index (χ2v) is 4.26. The summed E-state index contributed by atoms with van der Waals surface area (Å²) in [4.78, 5) is 8.95. The number of rotatable bonds is 9. The standard InChI is InChI=1S/C14H24N4O2/c1-7-17-20-11(3)8-13(15)12(4)14(16-5)18-10(2)9-19-6/h7-8,10,15,18H,5,9H2,1-4,6H3/b11-8+,14-12+,15-13?,17-7+/t10-/m1/s1. The molecule has 0 saturated heterocycles. The summed E-state index contributed by atoms with van der Waals surface area (Å²) in [6.45, 7) is 11.3. The summed E-state index contributed by atoms with van der Waals surface area (Å²) in [5, 5.41) is 14.8. The van der Waals surface area contributed by atoms with Crippen LogP contribution in [0.3, 0.4) is 0 Å². The number of hydrogen-bond acceptors (Lipinski definition) is 6. The van der Waals surface area contributed by atoms with Crippen LogP contribution >= 0.6 is 0 Å². The Morgan fingerprint density at radius 3 is 2.60 bits per heavy atom. The third kappa shape index (κ3) is 6.84. The molecule has 0 spiro atoms. The zero-order chi connectivity index (χ0) is 15.5. The van der Waals surface area contributed by atoms with E-state index in [1.807, 2.05) is 6.92 Å². The number of methoxy groups -OCH3 is 1. The predicted octanol–water partition coefficient (Wildman–Crippen LogP) is 2.49. The Kier molecular flexibility index (Phi) is 8.95. The van der Waals surface area contributed by atoms with E-state index in [1.165, 1.54) is 6.21 Å². The molecule has 0 aliphatic rings. The number of oxime groups is 1. The lowest BCUT2D eigenvalue weighted by Gasteiger charge is -2.16. The number of allylic oxidation sites excluding steroid dienone is 3. The van der Waals surface area contributed by atoms with Crippen LogP contribution in [0.5, 0.6) is 0 Å². The van der Waals surface area contributed by atoms with Gasteiger partial charge < -0.3 is 20.3 Å². The van der Waals surface area contributed by atoms with E-state index >= 15 is 0 Å². The van der Waals surface area contributed by atoms with E-state index < -0.39 is 0 Å². The first-order valence-corrected chi connectivity index (χ1v) is 6.31. The van der Waals surface area contributed by atoms with Crippen molar-refractivity contribution in [2.24, 2.45) is 10.1 Å². The van der Waals surface area contributed by atoms with Crippen molar-refractivity contribution >= 4 is 18.6 Å². The molecule has 0 radical (unpaired) electrons. The van der Waals surface area contributed by atoms with E-state index in [-0.39, 0.29) is 11.8 Å². The first-order chi connectivity index (χ1) is 9.46. The van der Waals surface area contributed by atoms with Crippen molar-refractivity contribution in [2.75, 3.05) is 13.7 Å². The zero-order valence-corrected chi connectivity index (χ0v) is 12.9. The number of nitrogens with zero attached hydrogens (tertiary/aromatic N) is 2. The highest BCUT2D eigenvalue weighted by Gasteiger charge is 2.08. The van der Waals surface area contributed by atoms with Gasteiger partial charge in [-0.15, -0.1) is 0 Å². The van der Waals surface area contributed by atoms with E-state index in [4.69, 9.17) is 15.0 Å². The normalized spacial score (nSPS) is 14.8. The van der Waals surface area contributed by atoms with Crippen LogP contribution < -0.4 is 5.32 Å². The molecule has 20 heavy (non-hydrogen) atoms. The molecule has 2 N–H and O–H groups in total. The molecule has 0 aromatic rings. The summed E-state index contributed by atoms with van der Waals surface area (Å²) < 4.78 is 5.05. The quantitative estimate of drug-likeness (QED) is 0.387. The third-order valence-electron chi connectivity index (χ3n) is 2.37. The molecule has 0 rings (SSSR count). The number of aliphatic imine (C=N–C) groups is 1. The van der Waals surface area contributed by atoms with Gasteiger partial charge in [-0.1, -0.05) is 5.16 Å². The third-order valence-corrected chi connectivity index (χ3v) is 2.37. The summed E-state index contributed by atoms with van der Waals surface area (Å²) in [7, 11) is 1.63. The summed E-state index contributed by atoms with van der Waals surface area (Å²) in [6, 6.07) is 0.0780. The van der Waals surface area contributed by atoms with Gasteiger partial charge in [-0.3, -0.25) is 0 Å². The molecule has 1 atom stereocenters. The first-order valence-electron chi connectivity index (χ1n) is 6.31. The smallest absolute Gasteiger partial charge is 0.134 e. The van der Waals surface area contributed by atoms with Gasteiger partial charge in [0.25, 0.3) is 0 Å². The molecular weight excluding hydrogens is 256 g/mol. The number of ether oxygens (including phenoxy) is 1. The van der Waals surface area contributed by atoms with E-state index in [2.05, 4.69) is 22.2 Å². The molecule has 0 fully saturated rings. The maximum atomic E-state index is 8.02. The molecule has 0 aliphatic carbocycles. The van der Waals surface area contributed by atoms with Crippen molar-refractivity contribution in [1.29, 1.82) is 5.41 Å². The highest BCUT2D eigenvalue weighted by atomic mass is 16.6. The molecule has 0 amide bonds. The monoisotopic (exact) mass is 280 g/mol. The Hall–Kier alpha value is -1.95. The average molecular weight is 280 g/mol. The van der Waals surface area contributed by atoms with E-state index in [0.29, 0.717) is 23.8 Å². The second kappa shape index (κ2) is 9.91. The molecule has 0 aromatic heterocycles. The molecule has 112 valence electrons. The maximum absolute atomic E-state index is 8.02. The van der Waals surface area contributed by atoms with Gasteiger partial charge >= 0.3 is 0 Å². The Balaban J connectivity index is 4.94. The number of hydrogen-bond donors (Lipinski definition) is 2. The van der Waals surface area contributed by atoms with Crippen molar-refractivity contribution in [2.45, 2.75) is 33.7 Å². The Bertz CT molecular complexity index is 425. The maximum Gasteiger partial charge on any atom is 0.134 e. The van der Waals surface area contributed by atoms with Crippen LogP contribution in [0.25, 0.3) is 0 Å². The minimum atomic E-state index is 0.0780. The number of nitrogens with one attached hydrogen (secondary N) is 2. The predicted molar refractivity (Wildman–Crippen MR) is 83.5 cm³/mol. The SMILES string of the molecule is C=N/C(N[C@H](C)COC)=C(/C)C(=N)/C=C(\C)O/N=C/C. The first kappa shape index (κ1) is 18.0. The van der Waals surface area contributed by atoms with Crippen molar-refractivity contribution in [1.82, 2.24) is 5.32 Å². The molecule has 0 heterocycles. The minimum absolute atomic E-state index is 0.0780. The molecule has 6 heteroatoms. The zero-order valence-electron chi connectivity index (χ0n) is 12.9. The molecule has 0 aromatic carbocycles. The summed E-state index contributed by atoms with van der Waals surface area (Å²) in [5.74, 6) is 1.09. The van der Waals surface area contributed by atoms with Crippen molar-refractivity contribution in [3.8, 4) is 0 Å². The summed E-state index contributed by atoms with van der Waals surface area (Å²) >= 11 is 0. The topological polar surface area (TPSA) is 79.1 Å². The second-order valence-electron chi connectivity index (χ2n) is 4.26. The summed E-state index contributed by atoms with van der Waals surface area (Å²) in [5.41, 5.74) is 0.958. The molecule has 0 saturated carbocycles. The van der Waals surface area contributed by atoms with E-state index in [1.54, 1.807) is 34.0 Å². The van der Waals surface area contributed by atoms with Crippen molar-refractivity contribution in [3.63, 3.8) is 0 Å². The Morgan fingerprint density at radius 2 is 2.10 bits per heavy atom. The van der Waals surface area contributed by atoms with Crippen LogP contribution in [0.15, 0.2) is 33.4 Å². The largest absolute Gasteiger partial charge is 0.383 e. The van der Waals surface area contributed by atoms with Gasteiger partial charge in [0.15, 0.2) is 0 Å². The average Bonchev–Trinajstić information content (AvgIpc) is 2.41.